The predicted molar refractivity (Wildman–Crippen MR) is 77.6 cm³/mol. The number of nitrogens with zero attached hydrogens (tertiary/aromatic N) is 2. The highest BCUT2D eigenvalue weighted by molar-refractivity contribution is 5.93. The van der Waals surface area contributed by atoms with E-state index in [1.165, 1.54) is 4.90 Å². The molecule has 0 fully saturated rings. The quantitative estimate of drug-likeness (QED) is 0.860. The zero-order chi connectivity index (χ0) is 15.3. The first-order valence-electron chi connectivity index (χ1n) is 6.64. The van der Waals surface area contributed by atoms with Crippen molar-refractivity contribution in [2.24, 2.45) is 0 Å². The van der Waals surface area contributed by atoms with Crippen LogP contribution in [0.3, 0.4) is 0 Å². The Morgan fingerprint density at radius 1 is 1.20 bits per heavy atom. The van der Waals surface area contributed by atoms with Crippen LogP contribution in [0.15, 0.2) is 24.3 Å². The number of carboxylic acid groups (broad SMARTS) is 1. The number of aliphatic carboxylic acids is 1. The van der Waals surface area contributed by atoms with E-state index in [1.54, 1.807) is 33.2 Å². The SMILES string of the molecule is CCN(Cc1ccc(C(=O)N(C)C)cc1)C(C)C(=O)O. The number of rotatable bonds is 6. The van der Waals surface area contributed by atoms with Crippen LogP contribution in [0.4, 0.5) is 0 Å². The molecule has 0 aliphatic rings. The molecule has 0 radical (unpaired) electrons. The smallest absolute Gasteiger partial charge is 0.320 e. The van der Waals surface area contributed by atoms with Crippen LogP contribution in [0.1, 0.15) is 29.8 Å². The zero-order valence-electron chi connectivity index (χ0n) is 12.5. The predicted octanol–water partition coefficient (Wildman–Crippen LogP) is 1.68. The monoisotopic (exact) mass is 278 g/mol. The Hall–Kier alpha value is -1.88. The summed E-state index contributed by atoms with van der Waals surface area (Å²) >= 11 is 0. The molecule has 0 saturated carbocycles. The minimum Gasteiger partial charge on any atom is -0.480 e. The lowest BCUT2D eigenvalue weighted by Gasteiger charge is -2.24. The number of amides is 1. The minimum atomic E-state index is -0.828. The largest absolute Gasteiger partial charge is 0.480 e. The van der Waals surface area contributed by atoms with E-state index in [0.717, 1.165) is 5.56 Å². The lowest BCUT2D eigenvalue weighted by Crippen LogP contribution is -2.38. The molecule has 1 rings (SSSR count). The first-order valence-corrected chi connectivity index (χ1v) is 6.64. The van der Waals surface area contributed by atoms with Gasteiger partial charge in [-0.1, -0.05) is 19.1 Å². The van der Waals surface area contributed by atoms with Crippen molar-refractivity contribution in [2.45, 2.75) is 26.4 Å². The number of carboxylic acids is 1. The Morgan fingerprint density at radius 2 is 1.75 bits per heavy atom. The summed E-state index contributed by atoms with van der Waals surface area (Å²) in [7, 11) is 3.42. The third-order valence-electron chi connectivity index (χ3n) is 3.30. The van der Waals surface area contributed by atoms with Gasteiger partial charge in [0.15, 0.2) is 0 Å². The van der Waals surface area contributed by atoms with Gasteiger partial charge in [-0.05, 0) is 31.2 Å². The maximum absolute atomic E-state index is 11.8. The molecule has 0 bridgehead atoms. The summed E-state index contributed by atoms with van der Waals surface area (Å²) in [5, 5.41) is 9.05. The lowest BCUT2D eigenvalue weighted by atomic mass is 10.1. The average molecular weight is 278 g/mol. The third-order valence-corrected chi connectivity index (χ3v) is 3.30. The van der Waals surface area contributed by atoms with Gasteiger partial charge >= 0.3 is 5.97 Å². The van der Waals surface area contributed by atoms with Crippen molar-refractivity contribution in [3.05, 3.63) is 35.4 Å². The van der Waals surface area contributed by atoms with Gasteiger partial charge in [0.2, 0.25) is 0 Å². The summed E-state index contributed by atoms with van der Waals surface area (Å²) in [6, 6.07) is 6.76. The van der Waals surface area contributed by atoms with Gasteiger partial charge < -0.3 is 10.0 Å². The number of carbonyl (C=O) groups excluding carboxylic acids is 1. The fourth-order valence-corrected chi connectivity index (χ4v) is 1.92. The zero-order valence-corrected chi connectivity index (χ0v) is 12.5. The molecule has 110 valence electrons. The molecule has 0 spiro atoms. The standard InChI is InChI=1S/C15H22N2O3/c1-5-17(11(2)15(19)20)10-12-6-8-13(9-7-12)14(18)16(3)4/h6-9,11H,5,10H2,1-4H3,(H,19,20). The lowest BCUT2D eigenvalue weighted by molar-refractivity contribution is -0.142. The van der Waals surface area contributed by atoms with Crippen molar-refractivity contribution in [3.8, 4) is 0 Å². The highest BCUT2D eigenvalue weighted by Crippen LogP contribution is 2.11. The normalized spacial score (nSPS) is 12.2. The summed E-state index contributed by atoms with van der Waals surface area (Å²) in [6.07, 6.45) is 0. The van der Waals surface area contributed by atoms with Gasteiger partial charge in [-0.3, -0.25) is 14.5 Å². The molecular formula is C15H22N2O3. The Kier molecular flexibility index (Phi) is 5.70. The van der Waals surface area contributed by atoms with Gasteiger partial charge in [-0.2, -0.15) is 0 Å². The van der Waals surface area contributed by atoms with E-state index >= 15 is 0 Å². The van der Waals surface area contributed by atoms with Crippen LogP contribution in [0.2, 0.25) is 0 Å². The summed E-state index contributed by atoms with van der Waals surface area (Å²) < 4.78 is 0. The van der Waals surface area contributed by atoms with Crippen LogP contribution < -0.4 is 0 Å². The fraction of sp³-hybridized carbons (Fsp3) is 0.467. The molecule has 0 heterocycles. The maximum atomic E-state index is 11.8. The molecule has 1 aromatic rings. The Morgan fingerprint density at radius 3 is 2.15 bits per heavy atom. The number of benzene rings is 1. The van der Waals surface area contributed by atoms with E-state index in [9.17, 15) is 9.59 Å². The second kappa shape index (κ2) is 7.05. The molecule has 0 aliphatic carbocycles. The molecule has 0 saturated heterocycles. The molecule has 20 heavy (non-hydrogen) atoms. The molecule has 5 heteroatoms. The van der Waals surface area contributed by atoms with E-state index in [1.807, 2.05) is 24.0 Å². The summed E-state index contributed by atoms with van der Waals surface area (Å²) in [5.41, 5.74) is 1.63. The summed E-state index contributed by atoms with van der Waals surface area (Å²) in [5.74, 6) is -0.867. The highest BCUT2D eigenvalue weighted by atomic mass is 16.4. The molecule has 1 atom stereocenters. The number of likely N-dealkylation sites (N-methyl/N-ethyl adjacent to an activating group) is 1. The van der Waals surface area contributed by atoms with Crippen LogP contribution >= 0.6 is 0 Å². The number of hydrogen-bond acceptors (Lipinski definition) is 3. The van der Waals surface area contributed by atoms with Crippen LogP contribution in [0.5, 0.6) is 0 Å². The van der Waals surface area contributed by atoms with Crippen molar-refractivity contribution in [2.75, 3.05) is 20.6 Å². The van der Waals surface area contributed by atoms with Gasteiger partial charge in [0, 0.05) is 26.2 Å². The van der Waals surface area contributed by atoms with Gasteiger partial charge in [0.25, 0.3) is 5.91 Å². The fourth-order valence-electron chi connectivity index (χ4n) is 1.92. The summed E-state index contributed by atoms with van der Waals surface area (Å²) in [4.78, 5) is 26.2. The van der Waals surface area contributed by atoms with E-state index in [-0.39, 0.29) is 5.91 Å². The highest BCUT2D eigenvalue weighted by Gasteiger charge is 2.19. The first kappa shape index (κ1) is 16.2. The minimum absolute atomic E-state index is 0.0391. The van der Waals surface area contributed by atoms with Gasteiger partial charge in [0.1, 0.15) is 6.04 Å². The Bertz CT molecular complexity index is 469. The van der Waals surface area contributed by atoms with Crippen molar-refractivity contribution in [3.63, 3.8) is 0 Å². The van der Waals surface area contributed by atoms with Crippen LogP contribution in [-0.2, 0) is 11.3 Å². The molecule has 1 amide bonds. The molecule has 0 aliphatic heterocycles. The second-order valence-corrected chi connectivity index (χ2v) is 4.97. The maximum Gasteiger partial charge on any atom is 0.320 e. The van der Waals surface area contributed by atoms with Crippen LogP contribution in [0, 0.1) is 0 Å². The first-order chi connectivity index (χ1) is 9.36. The second-order valence-electron chi connectivity index (χ2n) is 4.97. The van der Waals surface area contributed by atoms with Crippen molar-refractivity contribution >= 4 is 11.9 Å². The van der Waals surface area contributed by atoms with Crippen molar-refractivity contribution in [1.29, 1.82) is 0 Å². The molecule has 1 unspecified atom stereocenters. The van der Waals surface area contributed by atoms with E-state index in [2.05, 4.69) is 0 Å². The molecule has 5 nitrogen and oxygen atoms in total. The third kappa shape index (κ3) is 4.06. The molecule has 0 aromatic heterocycles. The molecule has 1 N–H and O–H groups in total. The average Bonchev–Trinajstić information content (AvgIpc) is 2.43. The van der Waals surface area contributed by atoms with Crippen LogP contribution in [-0.4, -0.2) is 53.5 Å². The molecular weight excluding hydrogens is 256 g/mol. The van der Waals surface area contributed by atoms with Crippen molar-refractivity contribution < 1.29 is 14.7 Å². The molecule has 1 aromatic carbocycles. The van der Waals surface area contributed by atoms with Gasteiger partial charge in [-0.25, -0.2) is 0 Å². The van der Waals surface area contributed by atoms with Gasteiger partial charge in [0.05, 0.1) is 0 Å². The Labute approximate surface area is 119 Å². The van der Waals surface area contributed by atoms with E-state index in [4.69, 9.17) is 5.11 Å². The van der Waals surface area contributed by atoms with Crippen LogP contribution in [0.25, 0.3) is 0 Å². The number of hydrogen-bond donors (Lipinski definition) is 1. The van der Waals surface area contributed by atoms with E-state index < -0.39 is 12.0 Å². The summed E-state index contributed by atoms with van der Waals surface area (Å²) in [6.45, 7) is 4.82. The Balaban J connectivity index is 2.78. The van der Waals surface area contributed by atoms with Gasteiger partial charge in [-0.15, -0.1) is 0 Å². The van der Waals surface area contributed by atoms with Crippen molar-refractivity contribution in [1.82, 2.24) is 9.80 Å². The number of carbonyl (C=O) groups is 2. The van der Waals surface area contributed by atoms with E-state index in [0.29, 0.717) is 18.7 Å². The topological polar surface area (TPSA) is 60.9 Å².